The van der Waals surface area contributed by atoms with Crippen LogP contribution in [0.5, 0.6) is 0 Å². The van der Waals surface area contributed by atoms with Gasteiger partial charge in [-0.25, -0.2) is 5.01 Å². The lowest BCUT2D eigenvalue weighted by Crippen LogP contribution is -2.28. The molecule has 1 saturated heterocycles. The molecule has 0 N–H and O–H groups in total. The van der Waals surface area contributed by atoms with Crippen LogP contribution in [0.1, 0.15) is 63.0 Å². The van der Waals surface area contributed by atoms with Crippen LogP contribution < -0.4 is 9.91 Å². The van der Waals surface area contributed by atoms with Crippen molar-refractivity contribution in [2.24, 2.45) is 5.10 Å². The smallest absolute Gasteiger partial charge is 0.371 e. The topological polar surface area (TPSA) is 18.8 Å². The molecule has 0 aromatic heterocycles. The SMILES string of the molecule is CCC/C=C1\C2=C(CCC2)C(c2ccc(Cl)cc2)=NN1c1cc(N2CCCC2)ccc1C(F)(F)F. The zero-order chi connectivity index (χ0) is 24.6. The van der Waals surface area contributed by atoms with Gasteiger partial charge in [-0.1, -0.05) is 43.2 Å². The van der Waals surface area contributed by atoms with Crippen molar-refractivity contribution < 1.29 is 13.2 Å². The summed E-state index contributed by atoms with van der Waals surface area (Å²) in [5.74, 6) is 0. The fourth-order valence-corrected chi connectivity index (χ4v) is 5.38. The molecule has 0 radical (unpaired) electrons. The Balaban J connectivity index is 1.71. The van der Waals surface area contributed by atoms with Gasteiger partial charge in [0.2, 0.25) is 0 Å². The van der Waals surface area contributed by atoms with Gasteiger partial charge in [0.05, 0.1) is 22.7 Å². The molecule has 3 nitrogen and oxygen atoms in total. The van der Waals surface area contributed by atoms with Crippen LogP contribution in [0.2, 0.25) is 5.02 Å². The highest BCUT2D eigenvalue weighted by Crippen LogP contribution is 2.46. The third kappa shape index (κ3) is 4.73. The van der Waals surface area contributed by atoms with Crippen molar-refractivity contribution >= 4 is 28.7 Å². The minimum absolute atomic E-state index is 0.0918. The van der Waals surface area contributed by atoms with Gasteiger partial charge in [-0.15, -0.1) is 0 Å². The molecule has 2 aromatic rings. The Kier molecular flexibility index (Phi) is 6.67. The normalized spacial score (nSPS) is 19.6. The number of unbranched alkanes of at least 4 members (excludes halogenated alkanes) is 1. The van der Waals surface area contributed by atoms with E-state index in [1.54, 1.807) is 29.3 Å². The van der Waals surface area contributed by atoms with Crippen molar-refractivity contribution in [3.8, 4) is 0 Å². The summed E-state index contributed by atoms with van der Waals surface area (Å²) in [5.41, 5.74) is 4.89. The lowest BCUT2D eigenvalue weighted by Gasteiger charge is -2.33. The van der Waals surface area contributed by atoms with Crippen LogP contribution in [0.4, 0.5) is 24.5 Å². The van der Waals surface area contributed by atoms with Gasteiger partial charge in [-0.3, -0.25) is 0 Å². The predicted octanol–water partition coefficient (Wildman–Crippen LogP) is 8.35. The summed E-state index contributed by atoms with van der Waals surface area (Å²) in [4.78, 5) is 2.16. The molecule has 3 aliphatic rings. The minimum Gasteiger partial charge on any atom is -0.371 e. The predicted molar refractivity (Wildman–Crippen MR) is 137 cm³/mol. The molecule has 2 aromatic carbocycles. The van der Waals surface area contributed by atoms with Crippen molar-refractivity contribution in [1.29, 1.82) is 0 Å². The van der Waals surface area contributed by atoms with Crippen LogP contribution >= 0.6 is 11.6 Å². The number of alkyl halides is 3. The number of halogens is 4. The Bertz CT molecular complexity index is 1190. The van der Waals surface area contributed by atoms with Crippen LogP contribution in [0, 0.1) is 0 Å². The van der Waals surface area contributed by atoms with Crippen LogP contribution in [-0.4, -0.2) is 18.8 Å². The van der Waals surface area contributed by atoms with Crippen molar-refractivity contribution in [2.45, 2.75) is 58.0 Å². The number of hydrogen-bond acceptors (Lipinski definition) is 3. The fourth-order valence-electron chi connectivity index (χ4n) is 5.25. The van der Waals surface area contributed by atoms with E-state index in [9.17, 15) is 13.2 Å². The lowest BCUT2D eigenvalue weighted by molar-refractivity contribution is -0.137. The number of hydrogen-bond donors (Lipinski definition) is 0. The molecule has 1 aliphatic carbocycles. The Morgan fingerprint density at radius 2 is 1.69 bits per heavy atom. The monoisotopic (exact) mass is 499 g/mol. The molecule has 2 aliphatic heterocycles. The van der Waals surface area contributed by atoms with Gasteiger partial charge in [0.15, 0.2) is 0 Å². The second kappa shape index (κ2) is 9.73. The standard InChI is InChI=1S/C28H29ClF3N3/c1-2-3-9-25-22-7-6-8-23(22)27(19-10-12-20(29)13-11-19)33-35(25)26-18-21(34-16-4-5-17-34)14-15-24(26)28(30,31)32/h9-15,18H,2-8,16-17H2,1H3/b25-9+. The third-order valence-corrected chi connectivity index (χ3v) is 7.22. The number of anilines is 2. The Hall–Kier alpha value is -2.73. The molecular weight excluding hydrogens is 471 g/mol. The fraction of sp³-hybridized carbons (Fsp3) is 0.393. The van der Waals surface area contributed by atoms with Crippen LogP contribution in [-0.2, 0) is 6.18 Å². The van der Waals surface area contributed by atoms with Gasteiger partial charge < -0.3 is 4.90 Å². The first-order valence-corrected chi connectivity index (χ1v) is 12.8. The number of allylic oxidation sites excluding steroid dienone is 3. The first kappa shape index (κ1) is 24.0. The first-order valence-electron chi connectivity index (χ1n) is 12.4. The maximum atomic E-state index is 14.3. The van der Waals surface area contributed by atoms with Crippen LogP contribution in [0.15, 0.2) is 70.5 Å². The summed E-state index contributed by atoms with van der Waals surface area (Å²) in [6.45, 7) is 3.79. The molecule has 5 rings (SSSR count). The van der Waals surface area contributed by atoms with Gasteiger partial charge in [-0.05, 0) is 80.0 Å². The lowest BCUT2D eigenvalue weighted by atomic mass is 9.95. The highest BCUT2D eigenvalue weighted by Gasteiger charge is 2.39. The quantitative estimate of drug-likeness (QED) is 0.411. The molecule has 0 bridgehead atoms. The minimum atomic E-state index is -4.49. The molecule has 2 heterocycles. The van der Waals surface area contributed by atoms with E-state index < -0.39 is 11.7 Å². The highest BCUT2D eigenvalue weighted by molar-refractivity contribution is 6.30. The van der Waals surface area contributed by atoms with E-state index in [-0.39, 0.29) is 5.69 Å². The summed E-state index contributed by atoms with van der Waals surface area (Å²) in [5, 5.41) is 7.11. The molecule has 0 unspecified atom stereocenters. The summed E-state index contributed by atoms with van der Waals surface area (Å²) >= 11 is 6.12. The summed E-state index contributed by atoms with van der Waals surface area (Å²) in [6, 6.07) is 11.9. The second-order valence-corrected chi connectivity index (χ2v) is 9.79. The number of hydrazone groups is 1. The van der Waals surface area contributed by atoms with E-state index in [2.05, 4.69) is 17.9 Å². The van der Waals surface area contributed by atoms with Crippen molar-refractivity contribution in [2.75, 3.05) is 23.0 Å². The maximum Gasteiger partial charge on any atom is 0.418 e. The maximum absolute atomic E-state index is 14.3. The van der Waals surface area contributed by atoms with Gasteiger partial charge in [-0.2, -0.15) is 18.3 Å². The summed E-state index contributed by atoms with van der Waals surface area (Å²) < 4.78 is 42.9. The average Bonchev–Trinajstić information content (AvgIpc) is 3.55. The van der Waals surface area contributed by atoms with Crippen molar-refractivity contribution in [3.63, 3.8) is 0 Å². The van der Waals surface area contributed by atoms with E-state index >= 15 is 0 Å². The van der Waals surface area contributed by atoms with E-state index in [4.69, 9.17) is 16.7 Å². The Labute approximate surface area is 209 Å². The Morgan fingerprint density at radius 1 is 0.971 bits per heavy atom. The van der Waals surface area contributed by atoms with Crippen LogP contribution in [0.25, 0.3) is 0 Å². The summed E-state index contributed by atoms with van der Waals surface area (Å²) in [6.07, 6.45) is 4.03. The largest absolute Gasteiger partial charge is 0.418 e. The molecule has 0 amide bonds. The molecule has 7 heteroatoms. The number of rotatable bonds is 5. The van der Waals surface area contributed by atoms with E-state index in [1.165, 1.54) is 6.07 Å². The van der Waals surface area contributed by atoms with Crippen molar-refractivity contribution in [1.82, 2.24) is 0 Å². The highest BCUT2D eigenvalue weighted by atomic mass is 35.5. The Morgan fingerprint density at radius 3 is 2.37 bits per heavy atom. The van der Waals surface area contributed by atoms with Gasteiger partial charge in [0.1, 0.15) is 0 Å². The van der Waals surface area contributed by atoms with E-state index in [0.29, 0.717) is 5.02 Å². The zero-order valence-electron chi connectivity index (χ0n) is 19.8. The van der Waals surface area contributed by atoms with E-state index in [0.717, 1.165) is 91.8 Å². The summed E-state index contributed by atoms with van der Waals surface area (Å²) in [7, 11) is 0. The van der Waals surface area contributed by atoms with Gasteiger partial charge in [0, 0.05) is 29.4 Å². The zero-order valence-corrected chi connectivity index (χ0v) is 20.6. The third-order valence-electron chi connectivity index (χ3n) is 6.97. The second-order valence-electron chi connectivity index (χ2n) is 9.35. The first-order chi connectivity index (χ1) is 16.9. The van der Waals surface area contributed by atoms with Gasteiger partial charge >= 0.3 is 6.18 Å². The molecule has 35 heavy (non-hydrogen) atoms. The molecular formula is C28H29ClF3N3. The van der Waals surface area contributed by atoms with Crippen molar-refractivity contribution in [3.05, 3.63) is 81.5 Å². The molecule has 0 spiro atoms. The van der Waals surface area contributed by atoms with Gasteiger partial charge in [0.25, 0.3) is 0 Å². The van der Waals surface area contributed by atoms with E-state index in [1.807, 2.05) is 12.1 Å². The number of nitrogens with zero attached hydrogens (tertiary/aromatic N) is 3. The molecule has 0 saturated carbocycles. The average molecular weight is 500 g/mol. The molecule has 1 fully saturated rings. The molecule has 0 atom stereocenters. The van der Waals surface area contributed by atoms with Crippen LogP contribution in [0.3, 0.4) is 0 Å². The number of benzene rings is 2. The molecule has 184 valence electrons.